The van der Waals surface area contributed by atoms with Crippen molar-refractivity contribution in [2.45, 2.75) is 6.42 Å². The fraction of sp³-hybridized carbons (Fsp3) is 0.100. The van der Waals surface area contributed by atoms with E-state index < -0.39 is 5.97 Å². The molecule has 2 rings (SSSR count). The summed E-state index contributed by atoms with van der Waals surface area (Å²) in [5.74, 6) is -0.902. The molecule has 3 nitrogen and oxygen atoms in total. The van der Waals surface area contributed by atoms with Gasteiger partial charge in [-0.05, 0) is 23.8 Å². The van der Waals surface area contributed by atoms with Gasteiger partial charge in [0, 0.05) is 10.4 Å². The molecule has 0 fully saturated rings. The van der Waals surface area contributed by atoms with Crippen LogP contribution in [0.15, 0.2) is 28.9 Å². The smallest absolute Gasteiger partial charge is 0.307 e. The Morgan fingerprint density at radius 3 is 2.93 bits per heavy atom. The Bertz CT molecular complexity index is 487. The highest BCUT2D eigenvalue weighted by atomic mass is 35.5. The fourth-order valence-corrected chi connectivity index (χ4v) is 1.64. The van der Waals surface area contributed by atoms with Crippen molar-refractivity contribution in [2.24, 2.45) is 0 Å². The Morgan fingerprint density at radius 2 is 2.21 bits per heavy atom. The number of rotatable bonds is 2. The van der Waals surface area contributed by atoms with Crippen LogP contribution in [0.1, 0.15) is 5.56 Å². The van der Waals surface area contributed by atoms with Gasteiger partial charge in [-0.1, -0.05) is 11.6 Å². The van der Waals surface area contributed by atoms with Gasteiger partial charge in [-0.15, -0.1) is 0 Å². The zero-order valence-electron chi connectivity index (χ0n) is 7.16. The van der Waals surface area contributed by atoms with Crippen molar-refractivity contribution < 1.29 is 14.3 Å². The molecule has 0 aliphatic carbocycles. The SMILES string of the molecule is O=C(O)Cc1c(Cl)ccc2occc12. The summed E-state index contributed by atoms with van der Waals surface area (Å²) < 4.78 is 5.14. The number of aliphatic carboxylic acids is 1. The van der Waals surface area contributed by atoms with E-state index in [0.717, 1.165) is 5.39 Å². The lowest BCUT2D eigenvalue weighted by atomic mass is 10.1. The van der Waals surface area contributed by atoms with Crippen molar-refractivity contribution in [1.29, 1.82) is 0 Å². The molecule has 0 spiro atoms. The highest BCUT2D eigenvalue weighted by Gasteiger charge is 2.11. The van der Waals surface area contributed by atoms with Crippen LogP contribution in [-0.2, 0) is 11.2 Å². The summed E-state index contributed by atoms with van der Waals surface area (Å²) >= 11 is 5.90. The van der Waals surface area contributed by atoms with Crippen LogP contribution in [-0.4, -0.2) is 11.1 Å². The number of benzene rings is 1. The Labute approximate surface area is 84.9 Å². The van der Waals surface area contributed by atoms with Crippen LogP contribution < -0.4 is 0 Å². The summed E-state index contributed by atoms with van der Waals surface area (Å²) in [7, 11) is 0. The molecule has 0 atom stereocenters. The second kappa shape index (κ2) is 3.35. The summed E-state index contributed by atoms with van der Waals surface area (Å²) in [6.07, 6.45) is 1.43. The zero-order valence-corrected chi connectivity index (χ0v) is 7.91. The van der Waals surface area contributed by atoms with Crippen LogP contribution in [0.5, 0.6) is 0 Å². The van der Waals surface area contributed by atoms with Crippen molar-refractivity contribution >= 4 is 28.5 Å². The van der Waals surface area contributed by atoms with Crippen molar-refractivity contribution in [3.8, 4) is 0 Å². The molecule has 1 heterocycles. The number of halogens is 1. The molecule has 0 aliphatic heterocycles. The normalized spacial score (nSPS) is 10.6. The Balaban J connectivity index is 2.64. The third-order valence-electron chi connectivity index (χ3n) is 2.02. The number of carboxylic acids is 1. The standard InChI is InChI=1S/C10H7ClO3/c11-8-1-2-9-6(3-4-14-9)7(8)5-10(12)13/h1-4H,5H2,(H,12,13). The van der Waals surface area contributed by atoms with Gasteiger partial charge in [-0.25, -0.2) is 0 Å². The number of hydrogen-bond acceptors (Lipinski definition) is 2. The molecule has 0 amide bonds. The van der Waals surface area contributed by atoms with E-state index in [9.17, 15) is 4.79 Å². The number of carbonyl (C=O) groups is 1. The van der Waals surface area contributed by atoms with Crippen LogP contribution in [0, 0.1) is 0 Å². The van der Waals surface area contributed by atoms with Gasteiger partial charge in [0.25, 0.3) is 0 Å². The minimum absolute atomic E-state index is 0.0876. The Kier molecular flexibility index (Phi) is 2.17. The van der Waals surface area contributed by atoms with Crippen molar-refractivity contribution in [2.75, 3.05) is 0 Å². The lowest BCUT2D eigenvalue weighted by molar-refractivity contribution is -0.136. The third-order valence-corrected chi connectivity index (χ3v) is 2.37. The van der Waals surface area contributed by atoms with E-state index in [4.69, 9.17) is 21.1 Å². The predicted octanol–water partition coefficient (Wildman–Crippen LogP) is 2.71. The van der Waals surface area contributed by atoms with Crippen molar-refractivity contribution in [3.63, 3.8) is 0 Å². The molecule has 1 aromatic heterocycles. The van der Waals surface area contributed by atoms with E-state index in [1.165, 1.54) is 6.26 Å². The topological polar surface area (TPSA) is 50.4 Å². The van der Waals surface area contributed by atoms with E-state index >= 15 is 0 Å². The summed E-state index contributed by atoms with van der Waals surface area (Å²) in [6, 6.07) is 5.09. The Morgan fingerprint density at radius 1 is 1.43 bits per heavy atom. The second-order valence-corrected chi connectivity index (χ2v) is 3.34. The highest BCUT2D eigenvalue weighted by molar-refractivity contribution is 6.32. The molecular weight excluding hydrogens is 204 g/mol. The largest absolute Gasteiger partial charge is 0.481 e. The maximum atomic E-state index is 10.6. The average molecular weight is 211 g/mol. The first-order valence-electron chi connectivity index (χ1n) is 4.05. The molecule has 0 saturated carbocycles. The van der Waals surface area contributed by atoms with E-state index in [2.05, 4.69) is 0 Å². The Hall–Kier alpha value is -1.48. The molecule has 0 radical (unpaired) electrons. The fourth-order valence-electron chi connectivity index (χ4n) is 1.41. The molecule has 4 heteroatoms. The first-order chi connectivity index (χ1) is 6.68. The monoisotopic (exact) mass is 210 g/mol. The molecule has 0 bridgehead atoms. The van der Waals surface area contributed by atoms with E-state index in [1.54, 1.807) is 18.2 Å². The summed E-state index contributed by atoms with van der Waals surface area (Å²) in [5.41, 5.74) is 1.26. The first-order valence-corrected chi connectivity index (χ1v) is 4.42. The highest BCUT2D eigenvalue weighted by Crippen LogP contribution is 2.27. The van der Waals surface area contributed by atoms with Crippen molar-refractivity contribution in [3.05, 3.63) is 35.0 Å². The third kappa shape index (κ3) is 1.46. The lowest BCUT2D eigenvalue weighted by Gasteiger charge is -2.01. The molecule has 1 N–H and O–H groups in total. The predicted molar refractivity (Wildman–Crippen MR) is 52.6 cm³/mol. The van der Waals surface area contributed by atoms with Crippen LogP contribution in [0.25, 0.3) is 11.0 Å². The molecule has 1 aromatic carbocycles. The van der Waals surface area contributed by atoms with Gasteiger partial charge in [0.1, 0.15) is 5.58 Å². The van der Waals surface area contributed by atoms with Gasteiger partial charge >= 0.3 is 5.97 Å². The second-order valence-electron chi connectivity index (χ2n) is 2.93. The average Bonchev–Trinajstić information content (AvgIpc) is 2.57. The van der Waals surface area contributed by atoms with E-state index in [0.29, 0.717) is 16.2 Å². The summed E-state index contributed by atoms with van der Waals surface area (Å²) in [5, 5.41) is 9.92. The number of hydrogen-bond donors (Lipinski definition) is 1. The van der Waals surface area contributed by atoms with Crippen LogP contribution in [0.3, 0.4) is 0 Å². The number of carboxylic acid groups (broad SMARTS) is 1. The molecule has 0 unspecified atom stereocenters. The molecule has 0 saturated heterocycles. The molecule has 14 heavy (non-hydrogen) atoms. The minimum atomic E-state index is -0.902. The number of furan rings is 1. The van der Waals surface area contributed by atoms with Gasteiger partial charge in [0.05, 0.1) is 12.7 Å². The summed E-state index contributed by atoms with van der Waals surface area (Å²) in [6.45, 7) is 0. The van der Waals surface area contributed by atoms with E-state index in [-0.39, 0.29) is 6.42 Å². The van der Waals surface area contributed by atoms with E-state index in [1.807, 2.05) is 0 Å². The van der Waals surface area contributed by atoms with Crippen LogP contribution in [0.2, 0.25) is 5.02 Å². The van der Waals surface area contributed by atoms with Gasteiger partial charge < -0.3 is 9.52 Å². The summed E-state index contributed by atoms with van der Waals surface area (Å²) in [4.78, 5) is 10.6. The quantitative estimate of drug-likeness (QED) is 0.829. The lowest BCUT2D eigenvalue weighted by Crippen LogP contribution is -2.00. The minimum Gasteiger partial charge on any atom is -0.481 e. The van der Waals surface area contributed by atoms with Gasteiger partial charge in [0.2, 0.25) is 0 Å². The van der Waals surface area contributed by atoms with Crippen LogP contribution >= 0.6 is 11.6 Å². The van der Waals surface area contributed by atoms with Gasteiger partial charge in [-0.2, -0.15) is 0 Å². The maximum Gasteiger partial charge on any atom is 0.307 e. The van der Waals surface area contributed by atoms with Gasteiger partial charge in [0.15, 0.2) is 0 Å². The molecular formula is C10H7ClO3. The van der Waals surface area contributed by atoms with Crippen molar-refractivity contribution in [1.82, 2.24) is 0 Å². The van der Waals surface area contributed by atoms with Gasteiger partial charge in [-0.3, -0.25) is 4.79 Å². The maximum absolute atomic E-state index is 10.6. The molecule has 0 aliphatic rings. The molecule has 72 valence electrons. The zero-order chi connectivity index (χ0) is 10.1. The van der Waals surface area contributed by atoms with Crippen LogP contribution in [0.4, 0.5) is 0 Å². The number of fused-ring (bicyclic) bond motifs is 1. The first kappa shape index (κ1) is 9.09. The molecule has 2 aromatic rings.